The van der Waals surface area contributed by atoms with Gasteiger partial charge in [-0.25, -0.2) is 12.7 Å². The fourth-order valence-corrected chi connectivity index (χ4v) is 3.97. The van der Waals surface area contributed by atoms with E-state index in [1.165, 1.54) is 6.26 Å². The first-order valence-electron chi connectivity index (χ1n) is 7.76. The molecule has 124 valence electrons. The van der Waals surface area contributed by atoms with Crippen LogP contribution in [0.4, 0.5) is 0 Å². The maximum Gasteiger partial charge on any atom is 0.211 e. The Kier molecular flexibility index (Phi) is 4.45. The van der Waals surface area contributed by atoms with Gasteiger partial charge in [-0.1, -0.05) is 0 Å². The molecule has 7 nitrogen and oxygen atoms in total. The molecule has 1 saturated heterocycles. The van der Waals surface area contributed by atoms with Crippen LogP contribution in [0.3, 0.4) is 0 Å². The zero-order valence-corrected chi connectivity index (χ0v) is 14.2. The molecule has 0 spiro atoms. The molecule has 2 aromatic rings. The molecule has 2 aromatic heterocycles. The van der Waals surface area contributed by atoms with Crippen LogP contribution in [0.1, 0.15) is 19.0 Å². The highest BCUT2D eigenvalue weighted by Gasteiger charge is 2.29. The van der Waals surface area contributed by atoms with Crippen molar-refractivity contribution in [3.63, 3.8) is 0 Å². The van der Waals surface area contributed by atoms with E-state index in [9.17, 15) is 8.42 Å². The molecule has 23 heavy (non-hydrogen) atoms. The van der Waals surface area contributed by atoms with Gasteiger partial charge in [-0.15, -0.1) is 0 Å². The minimum absolute atomic E-state index is 0.276. The molecule has 1 atom stereocenters. The Balaban J connectivity index is 1.83. The van der Waals surface area contributed by atoms with Gasteiger partial charge in [0.2, 0.25) is 10.0 Å². The molecule has 1 aliphatic heterocycles. The molecule has 0 bridgehead atoms. The Labute approximate surface area is 136 Å². The monoisotopic (exact) mass is 335 g/mol. The maximum atomic E-state index is 11.7. The quantitative estimate of drug-likeness (QED) is 0.820. The highest BCUT2D eigenvalue weighted by molar-refractivity contribution is 7.88. The first-order valence-corrected chi connectivity index (χ1v) is 9.61. The number of sulfonamides is 1. The summed E-state index contributed by atoms with van der Waals surface area (Å²) in [7, 11) is -3.11. The Morgan fingerprint density at radius 1 is 1.26 bits per heavy atom. The first kappa shape index (κ1) is 16.1. The molecule has 0 amide bonds. The van der Waals surface area contributed by atoms with Crippen molar-refractivity contribution in [3.8, 4) is 11.4 Å². The van der Waals surface area contributed by atoms with E-state index in [0.717, 1.165) is 36.5 Å². The average Bonchev–Trinajstić information content (AvgIpc) is 3.16. The lowest BCUT2D eigenvalue weighted by Crippen LogP contribution is -2.27. The van der Waals surface area contributed by atoms with Crippen molar-refractivity contribution in [2.45, 2.75) is 26.3 Å². The summed E-state index contributed by atoms with van der Waals surface area (Å²) >= 11 is 0. The SMILES string of the molecule is CCn1nccc1-c1nccnc1C[C@H]1CCN(S(C)(=O)=O)C1. The Morgan fingerprint density at radius 2 is 2.04 bits per heavy atom. The van der Waals surface area contributed by atoms with Crippen LogP contribution in [0.2, 0.25) is 0 Å². The molecule has 0 aromatic carbocycles. The van der Waals surface area contributed by atoms with Crippen LogP contribution in [-0.4, -0.2) is 51.8 Å². The average molecular weight is 335 g/mol. The van der Waals surface area contributed by atoms with Crippen molar-refractivity contribution >= 4 is 10.0 Å². The van der Waals surface area contributed by atoms with Crippen molar-refractivity contribution in [1.29, 1.82) is 0 Å². The van der Waals surface area contributed by atoms with Crippen LogP contribution in [0, 0.1) is 5.92 Å². The van der Waals surface area contributed by atoms with Gasteiger partial charge in [-0.2, -0.15) is 5.10 Å². The van der Waals surface area contributed by atoms with E-state index in [0.29, 0.717) is 13.1 Å². The van der Waals surface area contributed by atoms with Gasteiger partial charge in [0.25, 0.3) is 0 Å². The summed E-state index contributed by atoms with van der Waals surface area (Å²) in [5, 5.41) is 4.29. The van der Waals surface area contributed by atoms with Gasteiger partial charge < -0.3 is 0 Å². The summed E-state index contributed by atoms with van der Waals surface area (Å²) in [5.74, 6) is 0.276. The van der Waals surface area contributed by atoms with Gasteiger partial charge in [0.05, 0.1) is 17.6 Å². The highest BCUT2D eigenvalue weighted by Crippen LogP contribution is 2.26. The summed E-state index contributed by atoms with van der Waals surface area (Å²) in [5.41, 5.74) is 2.70. The fraction of sp³-hybridized carbons (Fsp3) is 0.533. The lowest BCUT2D eigenvalue weighted by molar-refractivity contribution is 0.459. The van der Waals surface area contributed by atoms with Crippen LogP contribution in [0.25, 0.3) is 11.4 Å². The van der Waals surface area contributed by atoms with Gasteiger partial charge in [-0.3, -0.25) is 14.6 Å². The number of rotatable bonds is 5. The third-order valence-electron chi connectivity index (χ3n) is 4.23. The summed E-state index contributed by atoms with van der Waals surface area (Å²) in [6, 6.07) is 1.94. The van der Waals surface area contributed by atoms with Gasteiger partial charge >= 0.3 is 0 Å². The molecule has 1 aliphatic rings. The Hall–Kier alpha value is -1.80. The lowest BCUT2D eigenvalue weighted by Gasteiger charge is -2.14. The molecular formula is C15H21N5O2S. The lowest BCUT2D eigenvalue weighted by atomic mass is 10.0. The van der Waals surface area contributed by atoms with Crippen LogP contribution in [0.15, 0.2) is 24.7 Å². The third-order valence-corrected chi connectivity index (χ3v) is 5.50. The number of hydrogen-bond donors (Lipinski definition) is 0. The molecule has 0 saturated carbocycles. The first-order chi connectivity index (χ1) is 11.0. The van der Waals surface area contributed by atoms with Crippen molar-refractivity contribution in [2.24, 2.45) is 5.92 Å². The van der Waals surface area contributed by atoms with Crippen molar-refractivity contribution < 1.29 is 8.42 Å². The molecule has 8 heteroatoms. The van der Waals surface area contributed by atoms with Gasteiger partial charge in [0.15, 0.2) is 0 Å². The highest BCUT2D eigenvalue weighted by atomic mass is 32.2. The van der Waals surface area contributed by atoms with E-state index < -0.39 is 10.0 Å². The van der Waals surface area contributed by atoms with Gasteiger partial charge in [0, 0.05) is 38.2 Å². The smallest absolute Gasteiger partial charge is 0.211 e. The molecule has 0 radical (unpaired) electrons. The summed E-state index contributed by atoms with van der Waals surface area (Å²) in [6.45, 7) is 3.95. The van der Waals surface area contributed by atoms with E-state index in [2.05, 4.69) is 15.1 Å². The fourth-order valence-electron chi connectivity index (χ4n) is 3.05. The van der Waals surface area contributed by atoms with Crippen molar-refractivity contribution in [3.05, 3.63) is 30.4 Å². The zero-order chi connectivity index (χ0) is 16.4. The predicted octanol–water partition coefficient (Wildman–Crippen LogP) is 1.18. The molecule has 3 heterocycles. The van der Waals surface area contributed by atoms with Crippen LogP contribution < -0.4 is 0 Å². The topological polar surface area (TPSA) is 81.0 Å². The van der Waals surface area contributed by atoms with Gasteiger partial charge in [-0.05, 0) is 31.7 Å². The van der Waals surface area contributed by atoms with E-state index in [-0.39, 0.29) is 5.92 Å². The minimum atomic E-state index is -3.11. The second-order valence-corrected chi connectivity index (χ2v) is 7.85. The molecular weight excluding hydrogens is 314 g/mol. The normalized spacial score (nSPS) is 19.3. The number of aromatic nitrogens is 4. The van der Waals surface area contributed by atoms with E-state index in [1.54, 1.807) is 22.9 Å². The standard InChI is InChI=1S/C15H21N5O2S/c1-3-20-14(4-6-18-20)15-13(16-7-8-17-15)10-12-5-9-19(11-12)23(2,21)22/h4,6-8,12H,3,5,9-11H2,1-2H3/t12-/m1/s1. The molecule has 1 fully saturated rings. The second-order valence-electron chi connectivity index (χ2n) is 5.86. The predicted molar refractivity (Wildman–Crippen MR) is 87.2 cm³/mol. The number of aryl methyl sites for hydroxylation is 1. The van der Waals surface area contributed by atoms with Crippen LogP contribution >= 0.6 is 0 Å². The van der Waals surface area contributed by atoms with E-state index >= 15 is 0 Å². The Morgan fingerprint density at radius 3 is 2.74 bits per heavy atom. The summed E-state index contributed by atoms with van der Waals surface area (Å²) < 4.78 is 26.7. The second kappa shape index (κ2) is 6.37. The van der Waals surface area contributed by atoms with Crippen LogP contribution in [-0.2, 0) is 23.0 Å². The third kappa shape index (κ3) is 3.42. The molecule has 0 unspecified atom stereocenters. The number of hydrogen-bond acceptors (Lipinski definition) is 5. The summed E-state index contributed by atoms with van der Waals surface area (Å²) in [6.07, 6.45) is 7.99. The minimum Gasteiger partial charge on any atom is -0.264 e. The zero-order valence-electron chi connectivity index (χ0n) is 13.4. The molecule has 0 N–H and O–H groups in total. The molecule has 3 rings (SSSR count). The van der Waals surface area contributed by atoms with E-state index in [1.807, 2.05) is 17.7 Å². The van der Waals surface area contributed by atoms with Crippen LogP contribution in [0.5, 0.6) is 0 Å². The Bertz CT molecular complexity index is 787. The number of nitrogens with zero attached hydrogens (tertiary/aromatic N) is 5. The van der Waals surface area contributed by atoms with E-state index in [4.69, 9.17) is 0 Å². The van der Waals surface area contributed by atoms with Crippen molar-refractivity contribution in [2.75, 3.05) is 19.3 Å². The van der Waals surface area contributed by atoms with Gasteiger partial charge in [0.1, 0.15) is 5.69 Å². The summed E-state index contributed by atoms with van der Waals surface area (Å²) in [4.78, 5) is 8.97. The van der Waals surface area contributed by atoms with Crippen molar-refractivity contribution in [1.82, 2.24) is 24.1 Å². The largest absolute Gasteiger partial charge is 0.264 e. The maximum absolute atomic E-state index is 11.7. The molecule has 0 aliphatic carbocycles.